The predicted molar refractivity (Wildman–Crippen MR) is 83.3 cm³/mol. The number of hydrogen-bond acceptors (Lipinski definition) is 5. The third-order valence-electron chi connectivity index (χ3n) is 2.08. The second-order valence-electron chi connectivity index (χ2n) is 3.81. The van der Waals surface area contributed by atoms with Gasteiger partial charge in [-0.15, -0.1) is 33.2 Å². The molecule has 0 rings (SSSR count). The van der Waals surface area contributed by atoms with Crippen LogP contribution in [0.25, 0.3) is 0 Å². The zero-order valence-corrected chi connectivity index (χ0v) is 15.0. The summed E-state index contributed by atoms with van der Waals surface area (Å²) in [7, 11) is 1.64. The molecule has 0 saturated carbocycles. The fourth-order valence-electron chi connectivity index (χ4n) is 1.09. The molecular formula is C11H23Cl3O5Si. The first-order valence-corrected chi connectivity index (χ1v) is 11.7. The molecule has 0 aliphatic rings. The summed E-state index contributed by atoms with van der Waals surface area (Å²) in [5.74, 6) is 0. The summed E-state index contributed by atoms with van der Waals surface area (Å²) >= 11 is 17.1. The van der Waals surface area contributed by atoms with Gasteiger partial charge in [0, 0.05) is 19.8 Å². The molecule has 0 N–H and O–H groups in total. The minimum Gasteiger partial charge on any atom is -0.382 e. The highest BCUT2D eigenvalue weighted by Crippen LogP contribution is 2.24. The van der Waals surface area contributed by atoms with E-state index >= 15 is 0 Å². The molecule has 0 heterocycles. The highest BCUT2D eigenvalue weighted by atomic mass is 35.8. The maximum Gasteiger partial charge on any atom is 0.343 e. The molecule has 0 unspecified atom stereocenters. The van der Waals surface area contributed by atoms with Crippen molar-refractivity contribution in [3.63, 3.8) is 0 Å². The van der Waals surface area contributed by atoms with E-state index in [2.05, 4.69) is 0 Å². The SMILES string of the molecule is COCCOCCOCCOCCOCC[Si](Cl)(Cl)Cl. The molecule has 0 aromatic heterocycles. The van der Waals surface area contributed by atoms with Crippen molar-refractivity contribution in [1.82, 2.24) is 0 Å². The largest absolute Gasteiger partial charge is 0.382 e. The van der Waals surface area contributed by atoms with Crippen molar-refractivity contribution in [2.45, 2.75) is 6.04 Å². The highest BCUT2D eigenvalue weighted by Gasteiger charge is 2.23. The summed E-state index contributed by atoms with van der Waals surface area (Å²) < 4.78 is 26.0. The van der Waals surface area contributed by atoms with Crippen LogP contribution in [-0.2, 0) is 23.7 Å². The van der Waals surface area contributed by atoms with Gasteiger partial charge in [-0.25, -0.2) is 0 Å². The van der Waals surface area contributed by atoms with Gasteiger partial charge in [0.1, 0.15) is 0 Å². The van der Waals surface area contributed by atoms with E-state index in [0.29, 0.717) is 65.5 Å². The van der Waals surface area contributed by atoms with Gasteiger partial charge in [-0.1, -0.05) is 0 Å². The molecule has 0 saturated heterocycles. The van der Waals surface area contributed by atoms with Crippen LogP contribution in [0.1, 0.15) is 0 Å². The van der Waals surface area contributed by atoms with Crippen LogP contribution in [0.15, 0.2) is 0 Å². The van der Waals surface area contributed by atoms with Gasteiger partial charge in [-0.3, -0.25) is 0 Å². The predicted octanol–water partition coefficient (Wildman–Crippen LogP) is 2.35. The van der Waals surface area contributed by atoms with Crippen molar-refractivity contribution in [2.24, 2.45) is 0 Å². The molecular weight excluding hydrogens is 347 g/mol. The molecule has 0 atom stereocenters. The van der Waals surface area contributed by atoms with Crippen LogP contribution in [-0.4, -0.2) is 72.6 Å². The molecule has 0 aliphatic carbocycles. The van der Waals surface area contributed by atoms with Crippen molar-refractivity contribution >= 4 is 39.2 Å². The number of halogens is 3. The smallest absolute Gasteiger partial charge is 0.343 e. The normalized spacial score (nSPS) is 12.0. The van der Waals surface area contributed by atoms with Gasteiger partial charge >= 0.3 is 6.00 Å². The summed E-state index contributed by atoms with van der Waals surface area (Å²) in [6.07, 6.45) is 0. The summed E-state index contributed by atoms with van der Waals surface area (Å²) in [6.45, 7) is 4.83. The van der Waals surface area contributed by atoms with Crippen LogP contribution in [0.4, 0.5) is 0 Å². The summed E-state index contributed by atoms with van der Waals surface area (Å²) in [6, 6.07) is -2.04. The van der Waals surface area contributed by atoms with Gasteiger partial charge in [0.15, 0.2) is 0 Å². The maximum absolute atomic E-state index is 5.71. The zero-order chi connectivity index (χ0) is 15.1. The number of methoxy groups -OCH3 is 1. The molecule has 0 radical (unpaired) electrons. The number of hydrogen-bond donors (Lipinski definition) is 0. The van der Waals surface area contributed by atoms with Gasteiger partial charge in [0.25, 0.3) is 0 Å². The van der Waals surface area contributed by atoms with Crippen molar-refractivity contribution in [3.8, 4) is 0 Å². The van der Waals surface area contributed by atoms with E-state index in [-0.39, 0.29) is 0 Å². The van der Waals surface area contributed by atoms with Gasteiger partial charge in [-0.2, -0.15) is 0 Å². The second kappa shape index (κ2) is 14.8. The average molecular weight is 370 g/mol. The number of rotatable bonds is 15. The highest BCUT2D eigenvalue weighted by molar-refractivity contribution is 7.64. The lowest BCUT2D eigenvalue weighted by Crippen LogP contribution is -2.15. The van der Waals surface area contributed by atoms with Crippen LogP contribution >= 0.6 is 33.2 Å². The standard InChI is InChI=1S/C11H23Cl3O5Si/c1-15-2-3-16-4-5-17-6-7-18-8-9-19-10-11-20(12,13)14/h2-11H2,1H3. The zero-order valence-electron chi connectivity index (χ0n) is 11.7. The monoisotopic (exact) mass is 368 g/mol. The third-order valence-corrected chi connectivity index (χ3v) is 4.55. The number of ether oxygens (including phenoxy) is 5. The fourth-order valence-corrected chi connectivity index (χ4v) is 2.16. The molecule has 0 aromatic rings. The van der Waals surface area contributed by atoms with Crippen molar-refractivity contribution in [2.75, 3.05) is 66.6 Å². The second-order valence-corrected chi connectivity index (χ2v) is 13.1. The summed E-state index contributed by atoms with van der Waals surface area (Å²) in [5.41, 5.74) is 0. The third kappa shape index (κ3) is 18.9. The van der Waals surface area contributed by atoms with Gasteiger partial charge in [-0.05, 0) is 0 Å². The molecule has 0 fully saturated rings. The minimum atomic E-state index is -2.55. The molecule has 0 spiro atoms. The topological polar surface area (TPSA) is 46.2 Å². The molecule has 122 valence electrons. The molecule has 0 bridgehead atoms. The van der Waals surface area contributed by atoms with E-state index in [0.717, 1.165) is 0 Å². The Bertz CT molecular complexity index is 207. The molecule has 0 aromatic carbocycles. The van der Waals surface area contributed by atoms with E-state index in [1.165, 1.54) is 0 Å². The lowest BCUT2D eigenvalue weighted by Gasteiger charge is -2.09. The Morgan fingerprint density at radius 2 is 0.950 bits per heavy atom. The molecule has 5 nitrogen and oxygen atoms in total. The molecule has 0 amide bonds. The Balaban J connectivity index is 2.99. The van der Waals surface area contributed by atoms with Crippen LogP contribution in [0.3, 0.4) is 0 Å². The van der Waals surface area contributed by atoms with Crippen LogP contribution in [0.5, 0.6) is 0 Å². The Morgan fingerprint density at radius 3 is 1.30 bits per heavy atom. The van der Waals surface area contributed by atoms with E-state index in [9.17, 15) is 0 Å². The summed E-state index contributed by atoms with van der Waals surface area (Å²) in [5, 5.41) is 0. The van der Waals surface area contributed by atoms with Gasteiger partial charge in [0.05, 0.1) is 52.9 Å². The lowest BCUT2D eigenvalue weighted by atomic mass is 10.7. The fraction of sp³-hybridized carbons (Fsp3) is 1.00. The quantitative estimate of drug-likeness (QED) is 0.252. The Hall–Kier alpha value is 0.887. The Labute approximate surface area is 135 Å². The lowest BCUT2D eigenvalue weighted by molar-refractivity contribution is -0.00678. The van der Waals surface area contributed by atoms with E-state index in [1.807, 2.05) is 0 Å². The Kier molecular flexibility index (Phi) is 15.5. The Morgan fingerprint density at radius 1 is 0.600 bits per heavy atom. The van der Waals surface area contributed by atoms with Gasteiger partial charge in [0.2, 0.25) is 0 Å². The van der Waals surface area contributed by atoms with Crippen LogP contribution in [0.2, 0.25) is 6.04 Å². The maximum atomic E-state index is 5.71. The molecule has 20 heavy (non-hydrogen) atoms. The molecule has 0 aliphatic heterocycles. The minimum absolute atomic E-state index is 0.460. The average Bonchev–Trinajstić information content (AvgIpc) is 2.38. The molecule has 9 heteroatoms. The first-order chi connectivity index (χ1) is 9.56. The van der Waals surface area contributed by atoms with Gasteiger partial charge < -0.3 is 23.7 Å². The van der Waals surface area contributed by atoms with Crippen molar-refractivity contribution in [1.29, 1.82) is 0 Å². The van der Waals surface area contributed by atoms with E-state index < -0.39 is 6.00 Å². The van der Waals surface area contributed by atoms with Crippen LogP contribution in [0, 0.1) is 0 Å². The first kappa shape index (κ1) is 20.9. The van der Waals surface area contributed by atoms with Crippen molar-refractivity contribution < 1.29 is 23.7 Å². The van der Waals surface area contributed by atoms with E-state index in [1.54, 1.807) is 7.11 Å². The summed E-state index contributed by atoms with van der Waals surface area (Å²) in [4.78, 5) is 0. The van der Waals surface area contributed by atoms with Crippen LogP contribution < -0.4 is 0 Å². The first-order valence-electron chi connectivity index (χ1n) is 6.43. The van der Waals surface area contributed by atoms with Crippen molar-refractivity contribution in [3.05, 3.63) is 0 Å². The van der Waals surface area contributed by atoms with E-state index in [4.69, 9.17) is 56.9 Å².